The Bertz CT molecular complexity index is 1040. The molecule has 0 saturated carbocycles. The van der Waals surface area contributed by atoms with Crippen LogP contribution in [0.15, 0.2) is 95.9 Å². The largest absolute Gasteiger partial charge is 0.436 e. The Morgan fingerprint density at radius 2 is 1.43 bits per heavy atom. The molecule has 3 aromatic carbocycles. The minimum absolute atomic E-state index is 0.379. The molecule has 0 bridgehead atoms. The van der Waals surface area contributed by atoms with Crippen molar-refractivity contribution in [3.63, 3.8) is 0 Å². The van der Waals surface area contributed by atoms with Crippen molar-refractivity contribution in [1.29, 1.82) is 0 Å². The second kappa shape index (κ2) is 8.51. The summed E-state index contributed by atoms with van der Waals surface area (Å²) in [6, 6.07) is 28.1. The molecule has 0 amide bonds. The summed E-state index contributed by atoms with van der Waals surface area (Å²) in [6.45, 7) is 4.67. The third kappa shape index (κ3) is 4.11. The fraction of sp³-hybridized carbons (Fsp3) is 0.0800. The smallest absolute Gasteiger partial charge is 0.227 e. The highest BCUT2D eigenvalue weighted by Crippen LogP contribution is 2.30. The highest BCUT2D eigenvalue weighted by atomic mass is 16.5. The number of nitrogens with zero attached hydrogens (tertiary/aromatic N) is 1. The minimum atomic E-state index is 0.379. The second-order valence-electron chi connectivity index (χ2n) is 6.47. The summed E-state index contributed by atoms with van der Waals surface area (Å²) in [7, 11) is 0. The summed E-state index contributed by atoms with van der Waals surface area (Å²) in [6.07, 6.45) is 1.83. The van der Waals surface area contributed by atoms with Crippen LogP contribution in [-0.2, 0) is 18.0 Å². The highest BCUT2D eigenvalue weighted by molar-refractivity contribution is 5.64. The van der Waals surface area contributed by atoms with Gasteiger partial charge in [-0.05, 0) is 23.3 Å². The molecule has 0 saturated heterocycles. The molecule has 0 aliphatic rings. The zero-order valence-corrected chi connectivity index (χ0v) is 15.5. The lowest BCUT2D eigenvalue weighted by molar-refractivity contribution is 0.105. The van der Waals surface area contributed by atoms with Crippen molar-refractivity contribution in [2.24, 2.45) is 0 Å². The molecule has 0 unspecified atom stereocenters. The summed E-state index contributed by atoms with van der Waals surface area (Å²) < 4.78 is 12.1. The molecular weight excluding hydrogens is 346 g/mol. The maximum atomic E-state index is 6.12. The van der Waals surface area contributed by atoms with Gasteiger partial charge in [0.15, 0.2) is 5.76 Å². The molecule has 1 heterocycles. The Hall–Kier alpha value is -3.43. The van der Waals surface area contributed by atoms with E-state index in [0.29, 0.717) is 19.1 Å². The highest BCUT2D eigenvalue weighted by Gasteiger charge is 2.16. The van der Waals surface area contributed by atoms with Crippen LogP contribution in [0.3, 0.4) is 0 Å². The molecule has 0 aliphatic heterocycles. The summed E-state index contributed by atoms with van der Waals surface area (Å²) in [5.41, 5.74) is 4.95. The zero-order chi connectivity index (χ0) is 19.2. The van der Waals surface area contributed by atoms with Gasteiger partial charge >= 0.3 is 0 Å². The Labute approximate surface area is 165 Å². The van der Waals surface area contributed by atoms with Gasteiger partial charge in [0.05, 0.1) is 13.2 Å². The van der Waals surface area contributed by atoms with E-state index in [9.17, 15) is 0 Å². The average Bonchev–Trinajstić information content (AvgIpc) is 3.20. The van der Waals surface area contributed by atoms with E-state index < -0.39 is 0 Å². The van der Waals surface area contributed by atoms with Crippen LogP contribution in [0.5, 0.6) is 0 Å². The van der Waals surface area contributed by atoms with Crippen LogP contribution in [-0.4, -0.2) is 4.98 Å². The number of ether oxygens (including phenoxy) is 1. The van der Waals surface area contributed by atoms with Gasteiger partial charge in [0.25, 0.3) is 0 Å². The van der Waals surface area contributed by atoms with E-state index in [2.05, 4.69) is 6.58 Å². The van der Waals surface area contributed by atoms with Crippen molar-refractivity contribution in [1.82, 2.24) is 4.98 Å². The summed E-state index contributed by atoms with van der Waals surface area (Å²) in [5, 5.41) is 0. The summed E-state index contributed by atoms with van der Waals surface area (Å²) in [5.74, 6) is 1.36. The molecule has 0 aliphatic carbocycles. The monoisotopic (exact) mass is 367 g/mol. The van der Waals surface area contributed by atoms with Crippen LogP contribution < -0.4 is 0 Å². The number of oxazole rings is 1. The molecule has 4 rings (SSSR count). The first-order valence-electron chi connectivity index (χ1n) is 9.23. The number of rotatable bonds is 7. The Morgan fingerprint density at radius 3 is 2.07 bits per heavy atom. The van der Waals surface area contributed by atoms with Gasteiger partial charge < -0.3 is 9.15 Å². The fourth-order valence-corrected chi connectivity index (χ4v) is 2.98. The van der Waals surface area contributed by atoms with Gasteiger partial charge in [-0.1, -0.05) is 85.5 Å². The normalized spacial score (nSPS) is 10.7. The topological polar surface area (TPSA) is 35.3 Å². The van der Waals surface area contributed by atoms with Gasteiger partial charge in [-0.15, -0.1) is 0 Å². The van der Waals surface area contributed by atoms with E-state index in [4.69, 9.17) is 14.1 Å². The van der Waals surface area contributed by atoms with Gasteiger partial charge in [0, 0.05) is 11.1 Å². The van der Waals surface area contributed by atoms with E-state index in [-0.39, 0.29) is 0 Å². The van der Waals surface area contributed by atoms with E-state index in [1.54, 1.807) is 0 Å². The van der Waals surface area contributed by atoms with Crippen LogP contribution in [0, 0.1) is 0 Å². The lowest BCUT2D eigenvalue weighted by Gasteiger charge is -2.05. The molecule has 3 heteroatoms. The molecule has 0 radical (unpaired) electrons. The van der Waals surface area contributed by atoms with Crippen molar-refractivity contribution >= 4 is 6.08 Å². The van der Waals surface area contributed by atoms with Crippen LogP contribution in [0.2, 0.25) is 0 Å². The number of benzene rings is 3. The molecular formula is C25H21NO2. The Morgan fingerprint density at radius 1 is 0.786 bits per heavy atom. The third-order valence-corrected chi connectivity index (χ3v) is 4.48. The Kier molecular flexibility index (Phi) is 5.46. The first-order chi connectivity index (χ1) is 13.8. The second-order valence-corrected chi connectivity index (χ2v) is 6.47. The summed E-state index contributed by atoms with van der Waals surface area (Å²) in [4.78, 5) is 4.71. The predicted molar refractivity (Wildman–Crippen MR) is 112 cm³/mol. The SMILES string of the molecule is C=Cc1ccc(COCc2nc(-c3ccccc3)oc2-c2ccccc2)cc1. The van der Waals surface area contributed by atoms with Gasteiger partial charge in [-0.25, -0.2) is 4.98 Å². The van der Waals surface area contributed by atoms with Crippen molar-refractivity contribution < 1.29 is 9.15 Å². The molecule has 138 valence electrons. The number of aromatic nitrogens is 1. The zero-order valence-electron chi connectivity index (χ0n) is 15.5. The third-order valence-electron chi connectivity index (χ3n) is 4.48. The molecule has 1 aromatic heterocycles. The average molecular weight is 367 g/mol. The first-order valence-corrected chi connectivity index (χ1v) is 9.23. The van der Waals surface area contributed by atoms with Gasteiger partial charge in [0.1, 0.15) is 5.69 Å². The Balaban J connectivity index is 1.56. The van der Waals surface area contributed by atoms with Crippen LogP contribution in [0.4, 0.5) is 0 Å². The van der Waals surface area contributed by atoms with Crippen molar-refractivity contribution in [2.45, 2.75) is 13.2 Å². The molecule has 4 aromatic rings. The maximum absolute atomic E-state index is 6.12. The van der Waals surface area contributed by atoms with Crippen molar-refractivity contribution in [3.05, 3.63) is 108 Å². The quantitative estimate of drug-likeness (QED) is 0.381. The fourth-order valence-electron chi connectivity index (χ4n) is 2.98. The molecule has 3 nitrogen and oxygen atoms in total. The van der Waals surface area contributed by atoms with Gasteiger partial charge in [-0.2, -0.15) is 0 Å². The van der Waals surface area contributed by atoms with Crippen molar-refractivity contribution in [2.75, 3.05) is 0 Å². The first kappa shape index (κ1) is 18.0. The molecule has 0 spiro atoms. The van der Waals surface area contributed by atoms with Crippen LogP contribution in [0.1, 0.15) is 16.8 Å². The minimum Gasteiger partial charge on any atom is -0.436 e. The lowest BCUT2D eigenvalue weighted by Crippen LogP contribution is -1.96. The van der Waals surface area contributed by atoms with Crippen LogP contribution in [0.25, 0.3) is 28.9 Å². The van der Waals surface area contributed by atoms with Gasteiger partial charge in [0.2, 0.25) is 5.89 Å². The number of hydrogen-bond acceptors (Lipinski definition) is 3. The van der Waals surface area contributed by atoms with E-state index >= 15 is 0 Å². The predicted octanol–water partition coefficient (Wildman–Crippen LogP) is 6.37. The van der Waals surface area contributed by atoms with E-state index in [1.807, 2.05) is 91.0 Å². The molecule has 0 fully saturated rings. The summed E-state index contributed by atoms with van der Waals surface area (Å²) >= 11 is 0. The van der Waals surface area contributed by atoms with Crippen molar-refractivity contribution in [3.8, 4) is 22.8 Å². The van der Waals surface area contributed by atoms with Gasteiger partial charge in [-0.3, -0.25) is 0 Å². The molecule has 0 N–H and O–H groups in total. The standard InChI is InChI=1S/C25H21NO2/c1-2-19-13-15-20(16-14-19)17-27-18-23-24(21-9-5-3-6-10-21)28-25(26-23)22-11-7-4-8-12-22/h2-16H,1,17-18H2. The lowest BCUT2D eigenvalue weighted by atomic mass is 10.1. The van der Waals surface area contributed by atoms with Crippen LogP contribution >= 0.6 is 0 Å². The number of hydrogen-bond donors (Lipinski definition) is 0. The van der Waals surface area contributed by atoms with E-state index in [1.165, 1.54) is 0 Å². The van der Waals surface area contributed by atoms with E-state index in [0.717, 1.165) is 33.7 Å². The molecule has 0 atom stereocenters. The molecule has 28 heavy (non-hydrogen) atoms. The maximum Gasteiger partial charge on any atom is 0.227 e.